The van der Waals surface area contributed by atoms with E-state index in [1.54, 1.807) is 0 Å². The molecule has 0 aliphatic rings. The van der Waals surface area contributed by atoms with E-state index in [9.17, 15) is 9.59 Å². The number of unbranched alkanes of at least 4 members (excludes halogenated alkanes) is 1. The molecule has 4 N–H and O–H groups in total. The molecule has 0 heterocycles. The number of carbonyl (C=O) groups excluding carboxylic acids is 1. The van der Waals surface area contributed by atoms with E-state index in [1.165, 1.54) is 0 Å². The van der Waals surface area contributed by atoms with Crippen molar-refractivity contribution in [3.63, 3.8) is 0 Å². The molecule has 17 heavy (non-hydrogen) atoms. The van der Waals surface area contributed by atoms with Gasteiger partial charge in [0, 0.05) is 6.54 Å². The minimum atomic E-state index is -1.01. The second-order valence-electron chi connectivity index (χ2n) is 3.15. The van der Waals surface area contributed by atoms with Gasteiger partial charge in [0.1, 0.15) is 6.04 Å². The van der Waals surface area contributed by atoms with E-state index in [-0.39, 0.29) is 19.0 Å². The molecule has 0 aromatic carbocycles. The number of nitrogens with one attached hydrogen (secondary N) is 1. The van der Waals surface area contributed by atoms with E-state index < -0.39 is 18.1 Å². The van der Waals surface area contributed by atoms with Gasteiger partial charge in [0.05, 0.1) is 0 Å². The summed E-state index contributed by atoms with van der Waals surface area (Å²) in [6.45, 7) is 0.353. The van der Waals surface area contributed by atoms with Crippen molar-refractivity contribution >= 4 is 24.5 Å². The molecule has 0 rings (SSSR count). The number of carboxylic acid groups (broad SMARTS) is 1. The third-order valence-electron chi connectivity index (χ3n) is 1.82. The van der Waals surface area contributed by atoms with Crippen LogP contribution in [0.5, 0.6) is 0 Å². The Kier molecular flexibility index (Phi) is 11.7. The lowest BCUT2D eigenvalue weighted by molar-refractivity contribution is -0.138. The number of ether oxygens (including phenoxy) is 1. The second kappa shape index (κ2) is 11.0. The summed E-state index contributed by atoms with van der Waals surface area (Å²) in [5, 5.41) is 11.0. The Labute approximate surface area is 106 Å². The van der Waals surface area contributed by atoms with E-state index in [2.05, 4.69) is 16.0 Å². The Balaban J connectivity index is 0. The number of hydrogen-bond acceptors (Lipinski definition) is 4. The summed E-state index contributed by atoms with van der Waals surface area (Å²) in [5.74, 6) is 1.15. The van der Waals surface area contributed by atoms with Crippen molar-refractivity contribution in [2.75, 3.05) is 13.2 Å². The Morgan fingerprint density at radius 3 is 2.65 bits per heavy atom. The number of hydrogen-bond donors (Lipinski definition) is 3. The fourth-order valence-corrected chi connectivity index (χ4v) is 0.961. The molecule has 0 aliphatic heterocycles. The minimum absolute atomic E-state index is 0. The van der Waals surface area contributed by atoms with Gasteiger partial charge >= 0.3 is 12.1 Å². The zero-order valence-corrected chi connectivity index (χ0v) is 10.2. The molecule has 0 saturated carbocycles. The van der Waals surface area contributed by atoms with Crippen molar-refractivity contribution in [1.29, 1.82) is 0 Å². The van der Waals surface area contributed by atoms with Crippen molar-refractivity contribution in [1.82, 2.24) is 5.32 Å². The van der Waals surface area contributed by atoms with Gasteiger partial charge in [-0.3, -0.25) is 4.79 Å². The van der Waals surface area contributed by atoms with Gasteiger partial charge < -0.3 is 20.9 Å². The summed E-state index contributed by atoms with van der Waals surface area (Å²) in [7, 11) is 0. The molecule has 0 aromatic rings. The highest BCUT2D eigenvalue weighted by molar-refractivity contribution is 5.85. The van der Waals surface area contributed by atoms with Gasteiger partial charge in [-0.2, -0.15) is 0 Å². The topological polar surface area (TPSA) is 102 Å². The predicted molar refractivity (Wildman–Crippen MR) is 64.9 cm³/mol. The van der Waals surface area contributed by atoms with Crippen LogP contribution in [0.25, 0.3) is 0 Å². The number of nitrogens with two attached hydrogens (primary N) is 1. The first-order valence-electron chi connectivity index (χ1n) is 4.90. The van der Waals surface area contributed by atoms with Crippen molar-refractivity contribution < 1.29 is 19.4 Å². The van der Waals surface area contributed by atoms with Crippen molar-refractivity contribution in [2.45, 2.75) is 25.3 Å². The van der Waals surface area contributed by atoms with Crippen LogP contribution in [-0.2, 0) is 9.53 Å². The molecule has 0 spiro atoms. The highest BCUT2D eigenvalue weighted by Gasteiger charge is 2.10. The first-order chi connectivity index (χ1) is 7.57. The number of carbonyl (C=O) groups is 2. The monoisotopic (exact) mass is 264 g/mol. The third-order valence-corrected chi connectivity index (χ3v) is 1.82. The maximum Gasteiger partial charge on any atom is 0.408 e. The van der Waals surface area contributed by atoms with Crippen molar-refractivity contribution in [3.8, 4) is 12.3 Å². The van der Waals surface area contributed by atoms with E-state index in [0.717, 1.165) is 0 Å². The molecule has 0 aliphatic carbocycles. The van der Waals surface area contributed by atoms with E-state index in [4.69, 9.17) is 17.3 Å². The quantitative estimate of drug-likeness (QED) is 0.455. The lowest BCUT2D eigenvalue weighted by atomic mass is 10.1. The Morgan fingerprint density at radius 2 is 2.12 bits per heavy atom. The number of terminal acetylenes is 1. The van der Waals surface area contributed by atoms with Crippen LogP contribution in [0.4, 0.5) is 4.79 Å². The number of amides is 1. The number of carboxylic acids is 1. The van der Waals surface area contributed by atoms with Crippen LogP contribution in [0.1, 0.15) is 19.3 Å². The number of aliphatic carboxylic acids is 1. The van der Waals surface area contributed by atoms with Crippen molar-refractivity contribution in [2.24, 2.45) is 5.73 Å². The van der Waals surface area contributed by atoms with Crippen LogP contribution in [0.3, 0.4) is 0 Å². The molecule has 7 heteroatoms. The second-order valence-corrected chi connectivity index (χ2v) is 3.15. The van der Waals surface area contributed by atoms with Crippen LogP contribution in [-0.4, -0.2) is 36.4 Å². The average molecular weight is 265 g/mol. The van der Waals surface area contributed by atoms with Crippen LogP contribution in [0.15, 0.2) is 0 Å². The van der Waals surface area contributed by atoms with Crippen LogP contribution >= 0.6 is 12.4 Å². The maximum atomic E-state index is 10.9. The highest BCUT2D eigenvalue weighted by Crippen LogP contribution is 1.98. The predicted octanol–water partition coefficient (Wildman–Crippen LogP) is 0.350. The molecule has 1 atom stereocenters. The SMILES string of the molecule is C#CCOC(=O)NCCCC[C@H](N)C(=O)O.Cl. The lowest BCUT2D eigenvalue weighted by Crippen LogP contribution is -2.30. The zero-order valence-electron chi connectivity index (χ0n) is 9.35. The summed E-state index contributed by atoms with van der Waals surface area (Å²) >= 11 is 0. The van der Waals surface area contributed by atoms with E-state index >= 15 is 0 Å². The number of rotatable bonds is 7. The molecule has 0 saturated heterocycles. The Hall–Kier alpha value is -1.45. The number of alkyl carbamates (subject to hydrolysis) is 1. The molecule has 0 unspecified atom stereocenters. The van der Waals surface area contributed by atoms with Gasteiger partial charge in [-0.25, -0.2) is 4.79 Å². The largest absolute Gasteiger partial charge is 0.480 e. The molecule has 0 aromatic heterocycles. The molecule has 1 amide bonds. The summed E-state index contributed by atoms with van der Waals surface area (Å²) in [4.78, 5) is 21.2. The zero-order chi connectivity index (χ0) is 12.4. The lowest BCUT2D eigenvalue weighted by Gasteiger charge is -2.06. The molecule has 0 radical (unpaired) electrons. The van der Waals surface area contributed by atoms with Crippen LogP contribution in [0, 0.1) is 12.3 Å². The smallest absolute Gasteiger partial charge is 0.408 e. The molecular weight excluding hydrogens is 248 g/mol. The minimum Gasteiger partial charge on any atom is -0.480 e. The van der Waals surface area contributed by atoms with Gasteiger partial charge in [-0.15, -0.1) is 18.8 Å². The summed E-state index contributed by atoms with van der Waals surface area (Å²) in [6, 6.07) is -0.839. The van der Waals surface area contributed by atoms with E-state index in [1.807, 2.05) is 0 Å². The summed E-state index contributed by atoms with van der Waals surface area (Å²) < 4.78 is 4.55. The first-order valence-corrected chi connectivity index (χ1v) is 4.90. The van der Waals surface area contributed by atoms with Crippen LogP contribution < -0.4 is 11.1 Å². The summed E-state index contributed by atoms with van der Waals surface area (Å²) in [5.41, 5.74) is 5.29. The molecule has 6 nitrogen and oxygen atoms in total. The van der Waals surface area contributed by atoms with Gasteiger partial charge in [0.25, 0.3) is 0 Å². The average Bonchev–Trinajstić information content (AvgIpc) is 2.25. The van der Waals surface area contributed by atoms with Gasteiger partial charge in [-0.05, 0) is 19.3 Å². The molecule has 0 fully saturated rings. The van der Waals surface area contributed by atoms with E-state index in [0.29, 0.717) is 25.8 Å². The number of halogens is 1. The Morgan fingerprint density at radius 1 is 1.47 bits per heavy atom. The fourth-order valence-electron chi connectivity index (χ4n) is 0.961. The van der Waals surface area contributed by atoms with Crippen molar-refractivity contribution in [3.05, 3.63) is 0 Å². The third kappa shape index (κ3) is 10.8. The normalized spacial score (nSPS) is 10.6. The fraction of sp³-hybridized carbons (Fsp3) is 0.600. The first kappa shape index (κ1) is 17.9. The van der Waals surface area contributed by atoms with Gasteiger partial charge in [0.2, 0.25) is 0 Å². The van der Waals surface area contributed by atoms with Gasteiger partial charge in [-0.1, -0.05) is 5.92 Å². The molecule has 98 valence electrons. The Bertz CT molecular complexity index is 278. The summed E-state index contributed by atoms with van der Waals surface area (Å²) in [6.07, 6.45) is 5.98. The molecule has 0 bridgehead atoms. The van der Waals surface area contributed by atoms with Gasteiger partial charge in [0.15, 0.2) is 6.61 Å². The molecular formula is C10H17ClN2O4. The maximum absolute atomic E-state index is 10.9. The highest BCUT2D eigenvalue weighted by atomic mass is 35.5. The van der Waals surface area contributed by atoms with Crippen LogP contribution in [0.2, 0.25) is 0 Å². The standard InChI is InChI=1S/C10H16N2O4.ClH/c1-2-7-16-10(15)12-6-4-3-5-8(11)9(13)14;/h1,8H,3-7,11H2,(H,12,15)(H,13,14);1H/t8-;/m0./s1.